The molecule has 0 unspecified atom stereocenters. The molecule has 9 nitrogen and oxygen atoms in total. The second-order valence-electron chi connectivity index (χ2n) is 8.79. The first-order valence-corrected chi connectivity index (χ1v) is 11.7. The van der Waals surface area contributed by atoms with Gasteiger partial charge in [0.05, 0.1) is 0 Å². The van der Waals surface area contributed by atoms with Crippen LogP contribution in [0.2, 0.25) is 0 Å². The monoisotopic (exact) mass is 442 g/mol. The van der Waals surface area contributed by atoms with Crippen molar-refractivity contribution >= 4 is 28.5 Å². The van der Waals surface area contributed by atoms with Crippen LogP contribution in [0.1, 0.15) is 60.6 Å². The maximum atomic E-state index is 13.0. The fourth-order valence-electron chi connectivity index (χ4n) is 5.16. The first-order valence-electron chi connectivity index (χ1n) is 11.0. The van der Waals surface area contributed by atoms with Gasteiger partial charge in [0.25, 0.3) is 11.5 Å². The van der Waals surface area contributed by atoms with Gasteiger partial charge in [-0.05, 0) is 31.2 Å². The molecule has 0 aromatic carbocycles. The highest BCUT2D eigenvalue weighted by atomic mass is 32.1. The number of amides is 3. The van der Waals surface area contributed by atoms with E-state index in [0.29, 0.717) is 24.6 Å². The maximum absolute atomic E-state index is 13.0. The highest BCUT2D eigenvalue weighted by Gasteiger charge is 2.36. The van der Waals surface area contributed by atoms with Crippen molar-refractivity contribution in [3.05, 3.63) is 39.9 Å². The molecule has 0 radical (unpaired) electrons. The number of nitrogens with one attached hydrogen (secondary N) is 2. The molecule has 10 heteroatoms. The SMILES string of the molecule is O=C(NC1CCCCC1)c1nnsc1NC(=O)N1C[C@@H]2C[C@@H](C1)c1cccc(=O)n1C2. The number of carbonyl (C=O) groups excluding carboxylic acids is 2. The molecule has 1 saturated carbocycles. The minimum atomic E-state index is -0.278. The average Bonchev–Trinajstić information content (AvgIpc) is 3.23. The smallest absolute Gasteiger partial charge is 0.322 e. The zero-order valence-corrected chi connectivity index (χ0v) is 18.1. The number of carbonyl (C=O) groups is 2. The van der Waals surface area contributed by atoms with E-state index < -0.39 is 0 Å². The number of hydrogen-bond donors (Lipinski definition) is 2. The van der Waals surface area contributed by atoms with Crippen molar-refractivity contribution in [3.8, 4) is 0 Å². The van der Waals surface area contributed by atoms with E-state index in [2.05, 4.69) is 20.2 Å². The normalized spacial score (nSPS) is 23.2. The second kappa shape index (κ2) is 8.41. The largest absolute Gasteiger partial charge is 0.348 e. The van der Waals surface area contributed by atoms with Gasteiger partial charge in [0, 0.05) is 54.9 Å². The number of likely N-dealkylation sites (tertiary alicyclic amines) is 1. The molecule has 2 aromatic heterocycles. The molecule has 2 fully saturated rings. The van der Waals surface area contributed by atoms with E-state index in [-0.39, 0.29) is 41.1 Å². The van der Waals surface area contributed by atoms with E-state index in [1.54, 1.807) is 17.0 Å². The summed E-state index contributed by atoms with van der Waals surface area (Å²) in [6.45, 7) is 1.76. The zero-order chi connectivity index (χ0) is 21.4. The number of anilines is 1. The minimum Gasteiger partial charge on any atom is -0.348 e. The van der Waals surface area contributed by atoms with E-state index in [4.69, 9.17) is 0 Å². The number of pyridine rings is 1. The summed E-state index contributed by atoms with van der Waals surface area (Å²) in [5.41, 5.74) is 1.20. The summed E-state index contributed by atoms with van der Waals surface area (Å²) < 4.78 is 5.73. The third kappa shape index (κ3) is 4.08. The topological polar surface area (TPSA) is 109 Å². The van der Waals surface area contributed by atoms with E-state index in [0.717, 1.165) is 49.3 Å². The molecule has 2 aromatic rings. The molecule has 31 heavy (non-hydrogen) atoms. The number of piperidine rings is 1. The van der Waals surface area contributed by atoms with E-state index in [1.807, 2.05) is 10.6 Å². The van der Waals surface area contributed by atoms with E-state index in [9.17, 15) is 14.4 Å². The van der Waals surface area contributed by atoms with E-state index in [1.165, 1.54) is 6.42 Å². The van der Waals surface area contributed by atoms with Crippen LogP contribution in [-0.4, -0.2) is 50.1 Å². The summed E-state index contributed by atoms with van der Waals surface area (Å²) in [6, 6.07) is 5.26. The second-order valence-corrected chi connectivity index (χ2v) is 9.55. The van der Waals surface area contributed by atoms with Crippen molar-refractivity contribution in [1.82, 2.24) is 24.4 Å². The Bertz CT molecular complexity index is 1040. The third-order valence-electron chi connectivity index (χ3n) is 6.63. The summed E-state index contributed by atoms with van der Waals surface area (Å²) in [4.78, 5) is 39.6. The van der Waals surface area contributed by atoms with Gasteiger partial charge in [-0.2, -0.15) is 0 Å². The standard InChI is InChI=1S/C21H26N6O3S/c28-17-8-4-7-16-14-9-13(11-27(16)17)10-26(12-14)21(30)23-20-18(24-25-31-20)19(29)22-15-5-2-1-3-6-15/h4,7-8,13-15H,1-3,5-6,9-12H2,(H,22,29)(H,23,30)/t13-,14-/m0/s1. The molecule has 1 aliphatic carbocycles. The van der Waals surface area contributed by atoms with Gasteiger partial charge in [0.15, 0.2) is 10.7 Å². The van der Waals surface area contributed by atoms with Gasteiger partial charge in [-0.25, -0.2) is 4.79 Å². The van der Waals surface area contributed by atoms with Crippen LogP contribution in [-0.2, 0) is 6.54 Å². The number of fused-ring (bicyclic) bond motifs is 4. The Kier molecular flexibility index (Phi) is 5.47. The summed E-state index contributed by atoms with van der Waals surface area (Å²) in [5, 5.41) is 10.2. The number of urea groups is 1. The molecule has 4 heterocycles. The van der Waals surface area contributed by atoms with Crippen molar-refractivity contribution in [2.24, 2.45) is 5.92 Å². The number of hydrogen-bond acceptors (Lipinski definition) is 6. The molecular weight excluding hydrogens is 416 g/mol. The molecule has 0 spiro atoms. The van der Waals surface area contributed by atoms with Crippen molar-refractivity contribution in [2.45, 2.75) is 57.0 Å². The van der Waals surface area contributed by atoms with Gasteiger partial charge >= 0.3 is 6.03 Å². The van der Waals surface area contributed by atoms with Gasteiger partial charge in [-0.3, -0.25) is 14.9 Å². The number of rotatable bonds is 3. The van der Waals surface area contributed by atoms with Gasteiger partial charge in [-0.15, -0.1) is 5.10 Å². The summed E-state index contributed by atoms with van der Waals surface area (Å²) in [7, 11) is 0. The summed E-state index contributed by atoms with van der Waals surface area (Å²) in [6.07, 6.45) is 6.39. The summed E-state index contributed by atoms with van der Waals surface area (Å²) >= 11 is 1.02. The molecule has 3 aliphatic rings. The average molecular weight is 443 g/mol. The molecule has 2 aliphatic heterocycles. The fourth-order valence-corrected chi connectivity index (χ4v) is 5.72. The Balaban J connectivity index is 1.26. The molecule has 3 amide bonds. The third-order valence-corrected chi connectivity index (χ3v) is 7.27. The van der Waals surface area contributed by atoms with Crippen molar-refractivity contribution in [1.29, 1.82) is 0 Å². The predicted octanol–water partition coefficient (Wildman–Crippen LogP) is 2.41. The van der Waals surface area contributed by atoms with Crippen LogP contribution in [0, 0.1) is 5.92 Å². The molecular formula is C21H26N6O3S. The fraction of sp³-hybridized carbons (Fsp3) is 0.571. The lowest BCUT2D eigenvalue weighted by molar-refractivity contribution is 0.0923. The Hall–Kier alpha value is -2.75. The van der Waals surface area contributed by atoms with E-state index >= 15 is 0 Å². The van der Waals surface area contributed by atoms with Crippen molar-refractivity contribution in [2.75, 3.05) is 18.4 Å². The van der Waals surface area contributed by atoms with Crippen molar-refractivity contribution < 1.29 is 9.59 Å². The maximum Gasteiger partial charge on any atom is 0.322 e. The number of aromatic nitrogens is 3. The van der Waals surface area contributed by atoms with Crippen LogP contribution in [0.5, 0.6) is 0 Å². The van der Waals surface area contributed by atoms with Crippen LogP contribution < -0.4 is 16.2 Å². The molecule has 1 saturated heterocycles. The molecule has 5 rings (SSSR count). The molecule has 2 atom stereocenters. The Morgan fingerprint density at radius 2 is 1.94 bits per heavy atom. The lowest BCUT2D eigenvalue weighted by Gasteiger charge is -2.42. The molecule has 2 bridgehead atoms. The highest BCUT2D eigenvalue weighted by molar-refractivity contribution is 7.10. The van der Waals surface area contributed by atoms with Gasteiger partial charge in [-0.1, -0.05) is 29.8 Å². The molecule has 2 N–H and O–H groups in total. The lowest BCUT2D eigenvalue weighted by Crippen LogP contribution is -2.50. The first kappa shape index (κ1) is 20.2. The zero-order valence-electron chi connectivity index (χ0n) is 17.2. The van der Waals surface area contributed by atoms with Crippen LogP contribution in [0.4, 0.5) is 9.80 Å². The first-order chi connectivity index (χ1) is 15.1. The Morgan fingerprint density at radius 1 is 1.10 bits per heavy atom. The lowest BCUT2D eigenvalue weighted by atomic mass is 9.83. The molecule has 164 valence electrons. The van der Waals surface area contributed by atoms with Gasteiger partial charge in [0.1, 0.15) is 0 Å². The predicted molar refractivity (Wildman–Crippen MR) is 116 cm³/mol. The Morgan fingerprint density at radius 3 is 2.77 bits per heavy atom. The van der Waals surface area contributed by atoms with Crippen LogP contribution in [0.3, 0.4) is 0 Å². The van der Waals surface area contributed by atoms with Crippen molar-refractivity contribution in [3.63, 3.8) is 0 Å². The van der Waals surface area contributed by atoms with Gasteiger partial charge in [0.2, 0.25) is 0 Å². The number of nitrogens with zero attached hydrogens (tertiary/aromatic N) is 4. The van der Waals surface area contributed by atoms with Gasteiger partial charge < -0.3 is 14.8 Å². The summed E-state index contributed by atoms with van der Waals surface area (Å²) in [5.74, 6) is 0.103. The van der Waals surface area contributed by atoms with Crippen LogP contribution in [0.15, 0.2) is 23.0 Å². The van der Waals surface area contributed by atoms with Crippen LogP contribution >= 0.6 is 11.5 Å². The minimum absolute atomic E-state index is 0.0226. The van der Waals surface area contributed by atoms with Crippen LogP contribution in [0.25, 0.3) is 0 Å². The highest BCUT2D eigenvalue weighted by Crippen LogP contribution is 2.35. The quantitative estimate of drug-likeness (QED) is 0.759. The Labute approximate surface area is 184 Å².